The molecule has 3 N–H and O–H groups in total. The van der Waals surface area contributed by atoms with E-state index in [0.717, 1.165) is 19.3 Å². The average molecular weight is 296 g/mol. The Balaban J connectivity index is 2.06. The zero-order valence-corrected chi connectivity index (χ0v) is 12.3. The highest BCUT2D eigenvalue weighted by Gasteiger charge is 2.23. The number of benzene rings is 1. The average Bonchev–Trinajstić information content (AvgIpc) is 2.40. The molecule has 1 aliphatic carbocycles. The van der Waals surface area contributed by atoms with Crippen molar-refractivity contribution in [2.24, 2.45) is 11.1 Å². The number of hydrogen-bond donors (Lipinski definition) is 2. The van der Waals surface area contributed by atoms with E-state index in [1.165, 1.54) is 30.7 Å². The molecular weight excluding hydrogens is 276 g/mol. The summed E-state index contributed by atoms with van der Waals surface area (Å²) in [5, 5.41) is 8.05. The summed E-state index contributed by atoms with van der Waals surface area (Å²) < 4.78 is 22.3. The summed E-state index contributed by atoms with van der Waals surface area (Å²) in [5.41, 5.74) is 0.454. The number of nitrogens with two attached hydrogens (primary N) is 1. The molecule has 0 aromatic heterocycles. The molecule has 1 amide bonds. The van der Waals surface area contributed by atoms with Crippen LogP contribution < -0.4 is 10.5 Å². The van der Waals surface area contributed by atoms with E-state index in [4.69, 9.17) is 5.14 Å². The van der Waals surface area contributed by atoms with Crippen LogP contribution in [-0.2, 0) is 10.0 Å². The number of amides is 1. The summed E-state index contributed by atoms with van der Waals surface area (Å²) in [4.78, 5) is 12.1. The third kappa shape index (κ3) is 3.58. The van der Waals surface area contributed by atoms with Gasteiger partial charge in [0.05, 0.1) is 4.90 Å². The van der Waals surface area contributed by atoms with E-state index in [1.54, 1.807) is 0 Å². The van der Waals surface area contributed by atoms with E-state index in [0.29, 0.717) is 11.5 Å². The van der Waals surface area contributed by atoms with E-state index in [1.807, 2.05) is 0 Å². The Hall–Kier alpha value is -1.40. The molecule has 1 saturated carbocycles. The third-order valence-electron chi connectivity index (χ3n) is 3.87. The monoisotopic (exact) mass is 296 g/mol. The van der Waals surface area contributed by atoms with Crippen LogP contribution in [0.25, 0.3) is 0 Å². The zero-order valence-electron chi connectivity index (χ0n) is 11.5. The summed E-state index contributed by atoms with van der Waals surface area (Å²) in [6, 6.07) is 5.89. The van der Waals surface area contributed by atoms with Gasteiger partial charge in [-0.1, -0.05) is 19.8 Å². The van der Waals surface area contributed by atoms with Gasteiger partial charge in [-0.05, 0) is 43.0 Å². The Kier molecular flexibility index (Phi) is 4.45. The molecule has 2 atom stereocenters. The Morgan fingerprint density at radius 3 is 2.35 bits per heavy atom. The number of sulfonamides is 1. The molecule has 5 nitrogen and oxygen atoms in total. The summed E-state index contributed by atoms with van der Waals surface area (Å²) in [6.45, 7) is 2.15. The standard InChI is InChI=1S/C14H20N2O3S/c1-10-4-2-3-5-13(10)16-14(17)11-6-8-12(9-7-11)20(15,18)19/h6-10,13H,2-5H2,1H3,(H,16,17)(H2,15,18,19)/t10-,13+/m1/s1. The van der Waals surface area contributed by atoms with E-state index < -0.39 is 10.0 Å². The molecule has 0 radical (unpaired) electrons. The molecule has 1 aromatic carbocycles. The quantitative estimate of drug-likeness (QED) is 0.888. The zero-order chi connectivity index (χ0) is 14.8. The second-order valence-corrected chi connectivity index (χ2v) is 6.97. The maximum atomic E-state index is 12.1. The van der Waals surface area contributed by atoms with Crippen molar-refractivity contribution in [2.75, 3.05) is 0 Å². The highest BCUT2D eigenvalue weighted by atomic mass is 32.2. The molecule has 20 heavy (non-hydrogen) atoms. The molecule has 1 fully saturated rings. The number of hydrogen-bond acceptors (Lipinski definition) is 3. The molecular formula is C14H20N2O3S. The van der Waals surface area contributed by atoms with Gasteiger partial charge in [0.2, 0.25) is 10.0 Å². The van der Waals surface area contributed by atoms with Crippen molar-refractivity contribution in [1.29, 1.82) is 0 Å². The first kappa shape index (κ1) is 15.0. The Labute approximate surface area is 119 Å². The van der Waals surface area contributed by atoms with Gasteiger partial charge in [-0.2, -0.15) is 0 Å². The molecule has 2 rings (SSSR count). The van der Waals surface area contributed by atoms with E-state index >= 15 is 0 Å². The summed E-state index contributed by atoms with van der Waals surface area (Å²) in [5.74, 6) is 0.320. The minimum Gasteiger partial charge on any atom is -0.349 e. The van der Waals surface area contributed by atoms with Gasteiger partial charge in [-0.3, -0.25) is 4.79 Å². The maximum Gasteiger partial charge on any atom is 0.251 e. The Morgan fingerprint density at radius 2 is 1.80 bits per heavy atom. The summed E-state index contributed by atoms with van der Waals surface area (Å²) in [7, 11) is -3.71. The van der Waals surface area contributed by atoms with Gasteiger partial charge in [0.1, 0.15) is 0 Å². The van der Waals surface area contributed by atoms with Gasteiger partial charge in [0.15, 0.2) is 0 Å². The fourth-order valence-corrected chi connectivity index (χ4v) is 3.09. The fourth-order valence-electron chi connectivity index (χ4n) is 2.58. The first-order valence-electron chi connectivity index (χ1n) is 6.81. The normalized spacial score (nSPS) is 23.3. The molecule has 0 unspecified atom stereocenters. The smallest absolute Gasteiger partial charge is 0.251 e. The van der Waals surface area contributed by atoms with Crippen LogP contribution >= 0.6 is 0 Å². The molecule has 0 saturated heterocycles. The highest BCUT2D eigenvalue weighted by molar-refractivity contribution is 7.89. The minimum atomic E-state index is -3.71. The minimum absolute atomic E-state index is 0.0140. The number of nitrogens with one attached hydrogen (secondary N) is 1. The molecule has 0 aliphatic heterocycles. The first-order chi connectivity index (χ1) is 9.38. The maximum absolute atomic E-state index is 12.1. The molecule has 6 heteroatoms. The molecule has 1 aromatic rings. The highest BCUT2D eigenvalue weighted by Crippen LogP contribution is 2.24. The molecule has 0 bridgehead atoms. The lowest BCUT2D eigenvalue weighted by Crippen LogP contribution is -2.41. The van der Waals surface area contributed by atoms with Gasteiger partial charge >= 0.3 is 0 Å². The molecule has 0 spiro atoms. The topological polar surface area (TPSA) is 89.3 Å². The largest absolute Gasteiger partial charge is 0.349 e. The van der Waals surface area contributed by atoms with Crippen LogP contribution in [0, 0.1) is 5.92 Å². The van der Waals surface area contributed by atoms with Crippen molar-refractivity contribution in [3.63, 3.8) is 0 Å². The predicted octanol–water partition coefficient (Wildman–Crippen LogP) is 1.64. The molecule has 1 aliphatic rings. The van der Waals surface area contributed by atoms with Crippen LogP contribution in [0.4, 0.5) is 0 Å². The van der Waals surface area contributed by atoms with Crippen molar-refractivity contribution in [1.82, 2.24) is 5.32 Å². The second-order valence-electron chi connectivity index (χ2n) is 5.41. The number of primary sulfonamides is 1. The van der Waals surface area contributed by atoms with Crippen LogP contribution in [0.2, 0.25) is 0 Å². The van der Waals surface area contributed by atoms with Gasteiger partial charge in [0, 0.05) is 11.6 Å². The first-order valence-corrected chi connectivity index (χ1v) is 8.36. The van der Waals surface area contributed by atoms with E-state index in [9.17, 15) is 13.2 Å². The van der Waals surface area contributed by atoms with Crippen molar-refractivity contribution >= 4 is 15.9 Å². The third-order valence-corrected chi connectivity index (χ3v) is 4.80. The van der Waals surface area contributed by atoms with E-state index in [2.05, 4.69) is 12.2 Å². The SMILES string of the molecule is C[C@@H]1CCCC[C@@H]1NC(=O)c1ccc(S(N)(=O)=O)cc1. The second kappa shape index (κ2) is 5.93. The number of carbonyl (C=O) groups is 1. The summed E-state index contributed by atoms with van der Waals surface area (Å²) in [6.07, 6.45) is 4.49. The van der Waals surface area contributed by atoms with Crippen LogP contribution in [-0.4, -0.2) is 20.4 Å². The molecule has 110 valence electrons. The van der Waals surface area contributed by atoms with Crippen molar-refractivity contribution in [2.45, 2.75) is 43.5 Å². The lowest BCUT2D eigenvalue weighted by molar-refractivity contribution is 0.0910. The van der Waals surface area contributed by atoms with Gasteiger partial charge in [0.25, 0.3) is 5.91 Å². The van der Waals surface area contributed by atoms with Crippen LogP contribution in [0.5, 0.6) is 0 Å². The van der Waals surface area contributed by atoms with Crippen molar-refractivity contribution in [3.8, 4) is 0 Å². The Bertz CT molecular complexity index is 581. The summed E-state index contributed by atoms with van der Waals surface area (Å²) >= 11 is 0. The van der Waals surface area contributed by atoms with Crippen molar-refractivity contribution < 1.29 is 13.2 Å². The van der Waals surface area contributed by atoms with Gasteiger partial charge in [-0.15, -0.1) is 0 Å². The van der Waals surface area contributed by atoms with Crippen LogP contribution in [0.3, 0.4) is 0 Å². The van der Waals surface area contributed by atoms with Crippen LogP contribution in [0.15, 0.2) is 29.2 Å². The number of carbonyl (C=O) groups excluding carboxylic acids is 1. The Morgan fingerprint density at radius 1 is 1.20 bits per heavy atom. The lowest BCUT2D eigenvalue weighted by Gasteiger charge is -2.29. The number of rotatable bonds is 3. The predicted molar refractivity (Wildman–Crippen MR) is 76.7 cm³/mol. The van der Waals surface area contributed by atoms with Crippen LogP contribution in [0.1, 0.15) is 43.0 Å². The molecule has 0 heterocycles. The van der Waals surface area contributed by atoms with E-state index in [-0.39, 0.29) is 16.8 Å². The lowest BCUT2D eigenvalue weighted by atomic mass is 9.86. The van der Waals surface area contributed by atoms with Crippen molar-refractivity contribution in [3.05, 3.63) is 29.8 Å². The van der Waals surface area contributed by atoms with Gasteiger partial charge in [-0.25, -0.2) is 13.6 Å². The van der Waals surface area contributed by atoms with Gasteiger partial charge < -0.3 is 5.32 Å². The fraction of sp³-hybridized carbons (Fsp3) is 0.500.